The van der Waals surface area contributed by atoms with Crippen LogP contribution in [0, 0.1) is 0 Å². The Kier molecular flexibility index (Phi) is 2.37. The summed E-state index contributed by atoms with van der Waals surface area (Å²) in [6, 6.07) is 9.79. The number of benzene rings is 1. The van der Waals surface area contributed by atoms with Crippen molar-refractivity contribution in [1.82, 2.24) is 4.57 Å². The number of aryl methyl sites for hydroxylation is 1. The monoisotopic (exact) mass is 241 g/mol. The number of hydrogen-bond donors (Lipinski definition) is 1. The Morgan fingerprint density at radius 3 is 2.78 bits per heavy atom. The zero-order chi connectivity index (χ0) is 12.7. The van der Waals surface area contributed by atoms with Gasteiger partial charge in [0.2, 0.25) is 0 Å². The maximum Gasteiger partial charge on any atom is 0.262 e. The van der Waals surface area contributed by atoms with Gasteiger partial charge in [-0.05, 0) is 24.1 Å². The Morgan fingerprint density at radius 1 is 1.28 bits per heavy atom. The quantitative estimate of drug-likeness (QED) is 0.827. The van der Waals surface area contributed by atoms with Gasteiger partial charge in [0.25, 0.3) is 5.91 Å². The third-order valence-corrected chi connectivity index (χ3v) is 3.48. The summed E-state index contributed by atoms with van der Waals surface area (Å²) >= 11 is 0. The van der Waals surface area contributed by atoms with Crippen molar-refractivity contribution in [2.45, 2.75) is 6.42 Å². The van der Waals surface area contributed by atoms with Crippen LogP contribution in [0.3, 0.4) is 0 Å². The van der Waals surface area contributed by atoms with Gasteiger partial charge in [0.15, 0.2) is 0 Å². The number of carbonyl (C=O) groups is 1. The average Bonchev–Trinajstić information content (AvgIpc) is 2.94. The molecule has 2 N–H and O–H groups in total. The number of nitrogen functional groups attached to an aromatic ring is 1. The Hall–Kier alpha value is -2.23. The number of para-hydroxylation sites is 1. The number of fused-ring (bicyclic) bond motifs is 1. The fourth-order valence-electron chi connectivity index (χ4n) is 2.42. The number of hydrogen-bond acceptors (Lipinski definition) is 2. The summed E-state index contributed by atoms with van der Waals surface area (Å²) in [5.74, 6) is 0.502. The number of carbonyl (C=O) groups excluding carboxylic acids is 1. The van der Waals surface area contributed by atoms with Crippen LogP contribution in [0.5, 0.6) is 0 Å². The molecule has 4 heteroatoms. The van der Waals surface area contributed by atoms with Gasteiger partial charge >= 0.3 is 0 Å². The number of anilines is 2. The van der Waals surface area contributed by atoms with Gasteiger partial charge < -0.3 is 15.2 Å². The van der Waals surface area contributed by atoms with Gasteiger partial charge in [-0.2, -0.15) is 0 Å². The molecule has 2 heterocycles. The summed E-state index contributed by atoms with van der Waals surface area (Å²) in [6.45, 7) is 0.729. The van der Waals surface area contributed by atoms with Crippen molar-refractivity contribution in [3.63, 3.8) is 0 Å². The SMILES string of the molecule is Cn1ccc(C(=O)N2CCc3ccccc32)c1N. The first kappa shape index (κ1) is 10.9. The van der Waals surface area contributed by atoms with Crippen molar-refractivity contribution in [1.29, 1.82) is 0 Å². The molecular formula is C14H15N3O. The molecule has 1 aromatic carbocycles. The van der Waals surface area contributed by atoms with Crippen LogP contribution in [0.2, 0.25) is 0 Å². The Balaban J connectivity index is 1.98. The average molecular weight is 241 g/mol. The van der Waals surface area contributed by atoms with E-state index in [2.05, 4.69) is 6.07 Å². The standard InChI is InChI=1S/C14H15N3O/c1-16-8-7-11(13(16)15)14(18)17-9-6-10-4-2-3-5-12(10)17/h2-5,7-8H,6,9,15H2,1H3. The molecule has 0 saturated carbocycles. The molecule has 0 bridgehead atoms. The third-order valence-electron chi connectivity index (χ3n) is 3.48. The first-order valence-electron chi connectivity index (χ1n) is 5.99. The van der Waals surface area contributed by atoms with Crippen molar-refractivity contribution in [3.05, 3.63) is 47.7 Å². The van der Waals surface area contributed by atoms with Crippen molar-refractivity contribution in [2.24, 2.45) is 7.05 Å². The molecule has 1 amide bonds. The van der Waals surface area contributed by atoms with E-state index >= 15 is 0 Å². The Labute approximate surface area is 106 Å². The maximum atomic E-state index is 12.5. The van der Waals surface area contributed by atoms with E-state index in [1.54, 1.807) is 15.5 Å². The second kappa shape index (κ2) is 3.91. The van der Waals surface area contributed by atoms with E-state index in [-0.39, 0.29) is 5.91 Å². The van der Waals surface area contributed by atoms with E-state index in [4.69, 9.17) is 5.73 Å². The predicted octanol–water partition coefficient (Wildman–Crippen LogP) is 1.81. The maximum absolute atomic E-state index is 12.5. The van der Waals surface area contributed by atoms with Gasteiger partial charge in [-0.1, -0.05) is 18.2 Å². The Bertz CT molecular complexity index is 615. The molecule has 1 aliphatic rings. The zero-order valence-electron chi connectivity index (χ0n) is 10.3. The normalized spacial score (nSPS) is 13.7. The number of amides is 1. The van der Waals surface area contributed by atoms with Crippen LogP contribution in [0.25, 0.3) is 0 Å². The molecule has 0 unspecified atom stereocenters. The third kappa shape index (κ3) is 1.49. The second-order valence-corrected chi connectivity index (χ2v) is 4.56. The van der Waals surface area contributed by atoms with Gasteiger partial charge in [-0.15, -0.1) is 0 Å². The molecule has 18 heavy (non-hydrogen) atoms. The van der Waals surface area contributed by atoms with Crippen molar-refractivity contribution >= 4 is 17.4 Å². The van der Waals surface area contributed by atoms with E-state index < -0.39 is 0 Å². The molecule has 1 aromatic heterocycles. The fourth-order valence-corrected chi connectivity index (χ4v) is 2.42. The van der Waals surface area contributed by atoms with Crippen LogP contribution >= 0.6 is 0 Å². The molecule has 0 saturated heterocycles. The predicted molar refractivity (Wildman–Crippen MR) is 71.6 cm³/mol. The molecule has 1 aliphatic heterocycles. The lowest BCUT2D eigenvalue weighted by Crippen LogP contribution is -2.29. The minimum atomic E-state index is -0.0157. The zero-order valence-corrected chi connectivity index (χ0v) is 10.3. The molecule has 0 atom stereocenters. The van der Waals surface area contributed by atoms with Gasteiger partial charge in [0, 0.05) is 25.5 Å². The molecule has 0 spiro atoms. The van der Waals surface area contributed by atoms with Gasteiger partial charge in [-0.3, -0.25) is 4.79 Å². The van der Waals surface area contributed by atoms with Crippen molar-refractivity contribution in [3.8, 4) is 0 Å². The lowest BCUT2D eigenvalue weighted by molar-refractivity contribution is 0.0990. The summed E-state index contributed by atoms with van der Waals surface area (Å²) in [5, 5.41) is 0. The van der Waals surface area contributed by atoms with Crippen LogP contribution in [-0.4, -0.2) is 17.0 Å². The fraction of sp³-hybridized carbons (Fsp3) is 0.214. The van der Waals surface area contributed by atoms with Crippen molar-refractivity contribution in [2.75, 3.05) is 17.2 Å². The molecule has 92 valence electrons. The molecular weight excluding hydrogens is 226 g/mol. The summed E-state index contributed by atoms with van der Waals surface area (Å²) in [7, 11) is 1.84. The summed E-state index contributed by atoms with van der Waals surface area (Å²) in [4.78, 5) is 14.3. The van der Waals surface area contributed by atoms with Crippen LogP contribution in [0.15, 0.2) is 36.5 Å². The largest absolute Gasteiger partial charge is 0.384 e. The van der Waals surface area contributed by atoms with E-state index in [1.807, 2.05) is 31.4 Å². The van der Waals surface area contributed by atoms with E-state index in [1.165, 1.54) is 5.56 Å². The van der Waals surface area contributed by atoms with Crippen LogP contribution in [-0.2, 0) is 13.5 Å². The van der Waals surface area contributed by atoms with Crippen molar-refractivity contribution < 1.29 is 4.79 Å². The molecule has 0 fully saturated rings. The topological polar surface area (TPSA) is 51.3 Å². The Morgan fingerprint density at radius 2 is 2.06 bits per heavy atom. The minimum absolute atomic E-state index is 0.0157. The summed E-state index contributed by atoms with van der Waals surface area (Å²) < 4.78 is 1.76. The highest BCUT2D eigenvalue weighted by Crippen LogP contribution is 2.29. The van der Waals surface area contributed by atoms with Gasteiger partial charge in [-0.25, -0.2) is 0 Å². The molecule has 2 aromatic rings. The van der Waals surface area contributed by atoms with Crippen LogP contribution in [0.4, 0.5) is 11.5 Å². The second-order valence-electron chi connectivity index (χ2n) is 4.56. The minimum Gasteiger partial charge on any atom is -0.384 e. The highest BCUT2D eigenvalue weighted by atomic mass is 16.2. The van der Waals surface area contributed by atoms with Crippen LogP contribution < -0.4 is 10.6 Å². The van der Waals surface area contributed by atoms with E-state index in [0.29, 0.717) is 11.4 Å². The smallest absolute Gasteiger partial charge is 0.262 e. The summed E-state index contributed by atoms with van der Waals surface area (Å²) in [5.41, 5.74) is 8.71. The summed E-state index contributed by atoms with van der Waals surface area (Å²) in [6.07, 6.45) is 2.72. The molecule has 0 aliphatic carbocycles. The molecule has 0 radical (unpaired) electrons. The lowest BCUT2D eigenvalue weighted by atomic mass is 10.2. The lowest BCUT2D eigenvalue weighted by Gasteiger charge is -2.17. The van der Waals surface area contributed by atoms with Crippen LogP contribution in [0.1, 0.15) is 15.9 Å². The number of nitrogens with two attached hydrogens (primary N) is 1. The van der Waals surface area contributed by atoms with Gasteiger partial charge in [0.1, 0.15) is 5.82 Å². The number of nitrogens with zero attached hydrogens (tertiary/aromatic N) is 2. The highest BCUT2D eigenvalue weighted by Gasteiger charge is 2.26. The first-order valence-corrected chi connectivity index (χ1v) is 5.99. The number of rotatable bonds is 1. The van der Waals surface area contributed by atoms with E-state index in [9.17, 15) is 4.79 Å². The molecule has 3 rings (SSSR count). The highest BCUT2D eigenvalue weighted by molar-refractivity contribution is 6.10. The van der Waals surface area contributed by atoms with Gasteiger partial charge in [0.05, 0.1) is 5.56 Å². The molecule has 4 nitrogen and oxygen atoms in total. The number of aromatic nitrogens is 1. The van der Waals surface area contributed by atoms with E-state index in [0.717, 1.165) is 18.7 Å². The first-order chi connectivity index (χ1) is 8.68.